The summed E-state index contributed by atoms with van der Waals surface area (Å²) in [7, 11) is -1.02. The summed E-state index contributed by atoms with van der Waals surface area (Å²) in [5, 5.41) is 3.34. The van der Waals surface area contributed by atoms with Gasteiger partial charge in [-0.3, -0.25) is 4.90 Å². The molecule has 1 heterocycles. The summed E-state index contributed by atoms with van der Waals surface area (Å²) in [5.41, 5.74) is 1.12. The molecule has 1 rings (SSSR count). The van der Waals surface area contributed by atoms with Gasteiger partial charge in [0, 0.05) is 31.0 Å². The third kappa shape index (κ3) is 6.75. The highest BCUT2D eigenvalue weighted by molar-refractivity contribution is 7.90. The zero-order chi connectivity index (χ0) is 14.5. The van der Waals surface area contributed by atoms with Gasteiger partial charge in [0.2, 0.25) is 0 Å². The molecule has 19 heavy (non-hydrogen) atoms. The minimum absolute atomic E-state index is 0.170. The van der Waals surface area contributed by atoms with E-state index in [0.717, 1.165) is 17.9 Å². The molecule has 0 radical (unpaired) electrons. The second-order valence-corrected chi connectivity index (χ2v) is 7.53. The van der Waals surface area contributed by atoms with Gasteiger partial charge < -0.3 is 9.73 Å². The Hall–Kier alpha value is -0.850. The third-order valence-corrected chi connectivity index (χ3v) is 3.72. The molecule has 0 amide bonds. The van der Waals surface area contributed by atoms with Crippen molar-refractivity contribution in [2.24, 2.45) is 0 Å². The molecule has 0 spiro atoms. The van der Waals surface area contributed by atoms with Gasteiger partial charge in [0.05, 0.1) is 18.6 Å². The van der Waals surface area contributed by atoms with Crippen LogP contribution in [-0.4, -0.2) is 45.0 Å². The Bertz CT molecular complexity index is 480. The van der Waals surface area contributed by atoms with Gasteiger partial charge in [-0.15, -0.1) is 0 Å². The second-order valence-electron chi connectivity index (χ2n) is 5.27. The number of furan rings is 1. The molecule has 1 aromatic rings. The summed E-state index contributed by atoms with van der Waals surface area (Å²) >= 11 is 0. The first-order valence-corrected chi connectivity index (χ1v) is 8.49. The lowest BCUT2D eigenvalue weighted by Gasteiger charge is -2.16. The average Bonchev–Trinajstić information content (AvgIpc) is 2.70. The Balaban J connectivity index is 2.50. The lowest BCUT2D eigenvalue weighted by molar-refractivity contribution is 0.307. The van der Waals surface area contributed by atoms with E-state index in [9.17, 15) is 8.42 Å². The smallest absolute Gasteiger partial charge is 0.148 e. The number of sulfone groups is 1. The van der Waals surface area contributed by atoms with Crippen molar-refractivity contribution >= 4 is 9.84 Å². The standard InChI is InChI=1S/C13H24N2O3S/c1-11(2)14-9-12-5-7-18-13(12)10-15(3)6-8-19(4,16)17/h5,7,11,14H,6,8-10H2,1-4H3. The van der Waals surface area contributed by atoms with E-state index >= 15 is 0 Å². The predicted molar refractivity (Wildman–Crippen MR) is 76.7 cm³/mol. The topological polar surface area (TPSA) is 62.6 Å². The largest absolute Gasteiger partial charge is 0.468 e. The van der Waals surface area contributed by atoms with Crippen LogP contribution in [0.25, 0.3) is 0 Å². The molecule has 1 N–H and O–H groups in total. The van der Waals surface area contributed by atoms with Crippen LogP contribution in [-0.2, 0) is 22.9 Å². The van der Waals surface area contributed by atoms with Gasteiger partial charge in [0.15, 0.2) is 0 Å². The number of nitrogens with zero attached hydrogens (tertiary/aromatic N) is 1. The molecule has 0 saturated carbocycles. The molecule has 5 nitrogen and oxygen atoms in total. The van der Waals surface area contributed by atoms with E-state index in [2.05, 4.69) is 19.2 Å². The van der Waals surface area contributed by atoms with Crippen LogP contribution in [0.15, 0.2) is 16.7 Å². The van der Waals surface area contributed by atoms with Crippen molar-refractivity contribution in [2.45, 2.75) is 33.0 Å². The quantitative estimate of drug-likeness (QED) is 0.780. The van der Waals surface area contributed by atoms with Gasteiger partial charge in [-0.1, -0.05) is 13.8 Å². The van der Waals surface area contributed by atoms with Crippen molar-refractivity contribution in [2.75, 3.05) is 25.6 Å². The molecule has 0 atom stereocenters. The molecule has 0 saturated heterocycles. The Morgan fingerprint density at radius 2 is 2.11 bits per heavy atom. The summed E-state index contributed by atoms with van der Waals surface area (Å²) in [5.74, 6) is 1.06. The van der Waals surface area contributed by atoms with Gasteiger partial charge in [0.25, 0.3) is 0 Å². The van der Waals surface area contributed by atoms with Crippen LogP contribution in [0.2, 0.25) is 0 Å². The fourth-order valence-corrected chi connectivity index (χ4v) is 2.27. The maximum atomic E-state index is 11.1. The third-order valence-electron chi connectivity index (χ3n) is 2.80. The normalized spacial score (nSPS) is 12.5. The van der Waals surface area contributed by atoms with E-state index < -0.39 is 9.84 Å². The van der Waals surface area contributed by atoms with Gasteiger partial charge in [-0.2, -0.15) is 0 Å². The van der Waals surface area contributed by atoms with E-state index in [0.29, 0.717) is 19.1 Å². The second kappa shape index (κ2) is 7.07. The molecule has 1 aromatic heterocycles. The molecular formula is C13H24N2O3S. The average molecular weight is 288 g/mol. The zero-order valence-corrected chi connectivity index (χ0v) is 13.0. The molecular weight excluding hydrogens is 264 g/mol. The lowest BCUT2D eigenvalue weighted by atomic mass is 10.2. The van der Waals surface area contributed by atoms with Crippen LogP contribution in [0.5, 0.6) is 0 Å². The van der Waals surface area contributed by atoms with Crippen molar-refractivity contribution in [3.63, 3.8) is 0 Å². The summed E-state index contributed by atoms with van der Waals surface area (Å²) in [6, 6.07) is 2.38. The van der Waals surface area contributed by atoms with E-state index in [1.807, 2.05) is 18.0 Å². The van der Waals surface area contributed by atoms with Crippen LogP contribution in [0, 0.1) is 0 Å². The van der Waals surface area contributed by atoms with Crippen molar-refractivity contribution in [1.29, 1.82) is 0 Å². The van der Waals surface area contributed by atoms with Crippen molar-refractivity contribution in [1.82, 2.24) is 10.2 Å². The molecule has 0 bridgehead atoms. The zero-order valence-electron chi connectivity index (χ0n) is 12.1. The Kier molecular flexibility index (Phi) is 6.03. The van der Waals surface area contributed by atoms with E-state index in [1.54, 1.807) is 6.26 Å². The molecule has 0 fully saturated rings. The summed E-state index contributed by atoms with van der Waals surface area (Å²) < 4.78 is 27.7. The monoisotopic (exact) mass is 288 g/mol. The summed E-state index contributed by atoms with van der Waals surface area (Å²) in [4.78, 5) is 1.96. The molecule has 110 valence electrons. The van der Waals surface area contributed by atoms with Crippen LogP contribution in [0.4, 0.5) is 0 Å². The maximum Gasteiger partial charge on any atom is 0.148 e. The van der Waals surface area contributed by atoms with Crippen LogP contribution in [0.1, 0.15) is 25.2 Å². The SMILES string of the molecule is CC(C)NCc1ccoc1CN(C)CCS(C)(=O)=O. The first-order chi connectivity index (χ1) is 8.78. The van der Waals surface area contributed by atoms with Gasteiger partial charge >= 0.3 is 0 Å². The number of rotatable bonds is 8. The number of hydrogen-bond donors (Lipinski definition) is 1. The molecule has 0 aliphatic heterocycles. The molecule has 0 aromatic carbocycles. The molecule has 0 aliphatic rings. The summed E-state index contributed by atoms with van der Waals surface area (Å²) in [6.07, 6.45) is 2.93. The highest BCUT2D eigenvalue weighted by atomic mass is 32.2. The minimum Gasteiger partial charge on any atom is -0.468 e. The van der Waals surface area contributed by atoms with E-state index in [1.165, 1.54) is 6.26 Å². The fraction of sp³-hybridized carbons (Fsp3) is 0.692. The van der Waals surface area contributed by atoms with Crippen LogP contribution < -0.4 is 5.32 Å². The van der Waals surface area contributed by atoms with Gasteiger partial charge in [-0.25, -0.2) is 8.42 Å². The number of nitrogens with one attached hydrogen (secondary N) is 1. The van der Waals surface area contributed by atoms with Crippen LogP contribution in [0.3, 0.4) is 0 Å². The maximum absolute atomic E-state index is 11.1. The van der Waals surface area contributed by atoms with Crippen molar-refractivity contribution in [3.8, 4) is 0 Å². The first kappa shape index (κ1) is 16.2. The minimum atomic E-state index is -2.91. The Labute approximate surface area is 115 Å². The fourth-order valence-electron chi connectivity index (χ4n) is 1.62. The molecule has 6 heteroatoms. The Morgan fingerprint density at radius 1 is 1.42 bits per heavy atom. The predicted octanol–water partition coefficient (Wildman–Crippen LogP) is 1.25. The van der Waals surface area contributed by atoms with Crippen molar-refractivity contribution < 1.29 is 12.8 Å². The molecule has 0 unspecified atom stereocenters. The Morgan fingerprint density at radius 3 is 2.68 bits per heavy atom. The highest BCUT2D eigenvalue weighted by Crippen LogP contribution is 2.12. The number of hydrogen-bond acceptors (Lipinski definition) is 5. The van der Waals surface area contributed by atoms with E-state index in [-0.39, 0.29) is 5.75 Å². The first-order valence-electron chi connectivity index (χ1n) is 6.43. The highest BCUT2D eigenvalue weighted by Gasteiger charge is 2.11. The lowest BCUT2D eigenvalue weighted by Crippen LogP contribution is -2.26. The van der Waals surface area contributed by atoms with Gasteiger partial charge in [0.1, 0.15) is 15.6 Å². The molecule has 0 aliphatic carbocycles. The van der Waals surface area contributed by atoms with E-state index in [4.69, 9.17) is 4.42 Å². The van der Waals surface area contributed by atoms with Crippen LogP contribution >= 0.6 is 0 Å². The summed E-state index contributed by atoms with van der Waals surface area (Å²) in [6.45, 7) is 6.09. The van der Waals surface area contributed by atoms with Gasteiger partial charge in [-0.05, 0) is 13.1 Å². The van der Waals surface area contributed by atoms with Crippen molar-refractivity contribution in [3.05, 3.63) is 23.7 Å².